The van der Waals surface area contributed by atoms with Gasteiger partial charge < -0.3 is 0 Å². The van der Waals surface area contributed by atoms with Crippen LogP contribution in [0.2, 0.25) is 0 Å². The van der Waals surface area contributed by atoms with E-state index in [1.54, 1.807) is 0 Å². The minimum Gasteiger partial charge on any atom is -0.233 e. The molecular weight excluding hydrogens is 223 g/mol. The second kappa shape index (κ2) is 4.36. The summed E-state index contributed by atoms with van der Waals surface area (Å²) in [6, 6.07) is 9.83. The first kappa shape index (κ1) is 11.3. The average molecular weight is 237 g/mol. The van der Waals surface area contributed by atoms with Gasteiger partial charge >= 0.3 is 8.25 Å². The Morgan fingerprint density at radius 3 is 2.69 bits per heavy atom. The molecule has 1 heterocycles. The van der Waals surface area contributed by atoms with Crippen molar-refractivity contribution in [1.82, 2.24) is 0 Å². The lowest BCUT2D eigenvalue weighted by molar-refractivity contribution is 0.110. The molecule has 4 heteroatoms. The Balaban J connectivity index is 2.30. The van der Waals surface area contributed by atoms with Gasteiger partial charge in [0.2, 0.25) is 0 Å². The number of hydrogen-bond acceptors (Lipinski definition) is 3. The highest BCUT2D eigenvalue weighted by molar-refractivity contribution is 7.33. The molecule has 1 atom stereocenters. The van der Waals surface area contributed by atoms with Crippen LogP contribution in [0.15, 0.2) is 36.1 Å². The third-order valence-corrected chi connectivity index (χ3v) is 3.15. The summed E-state index contributed by atoms with van der Waals surface area (Å²) in [6.07, 6.45) is 1.91. The highest BCUT2D eigenvalue weighted by atomic mass is 31.1. The highest BCUT2D eigenvalue weighted by Gasteiger charge is 2.42. The van der Waals surface area contributed by atoms with Crippen molar-refractivity contribution in [2.24, 2.45) is 5.41 Å². The topological polar surface area (TPSA) is 35.5 Å². The molecule has 1 aliphatic heterocycles. The third-order valence-electron chi connectivity index (χ3n) is 2.47. The van der Waals surface area contributed by atoms with Crippen LogP contribution in [0, 0.1) is 5.41 Å². The number of hydrogen-bond donors (Lipinski definition) is 0. The molecule has 1 saturated heterocycles. The molecule has 0 bridgehead atoms. The van der Waals surface area contributed by atoms with E-state index in [9.17, 15) is 4.57 Å². The van der Waals surface area contributed by atoms with Crippen LogP contribution in [0.1, 0.15) is 19.4 Å². The second-order valence-electron chi connectivity index (χ2n) is 4.39. The first-order valence-corrected chi connectivity index (χ1v) is 6.23. The van der Waals surface area contributed by atoms with Crippen molar-refractivity contribution in [2.75, 3.05) is 6.61 Å². The molecule has 16 heavy (non-hydrogen) atoms. The van der Waals surface area contributed by atoms with Gasteiger partial charge in [0.25, 0.3) is 0 Å². The van der Waals surface area contributed by atoms with E-state index in [1.165, 1.54) is 0 Å². The van der Waals surface area contributed by atoms with Crippen molar-refractivity contribution < 1.29 is 13.6 Å². The van der Waals surface area contributed by atoms with Gasteiger partial charge in [-0.15, -0.1) is 4.52 Å². The third kappa shape index (κ3) is 2.49. The van der Waals surface area contributed by atoms with Gasteiger partial charge in [-0.2, -0.15) is 0 Å². The normalized spacial score (nSPS) is 24.1. The summed E-state index contributed by atoms with van der Waals surface area (Å²) in [4.78, 5) is 0. The van der Waals surface area contributed by atoms with Crippen molar-refractivity contribution in [3.8, 4) is 0 Å². The van der Waals surface area contributed by atoms with E-state index in [0.717, 1.165) is 5.56 Å². The molecule has 0 aromatic heterocycles. The predicted octanol–water partition coefficient (Wildman–Crippen LogP) is 3.76. The van der Waals surface area contributed by atoms with Crippen molar-refractivity contribution in [3.63, 3.8) is 0 Å². The molecule has 0 spiro atoms. The Labute approximate surface area is 96.0 Å². The van der Waals surface area contributed by atoms with Crippen LogP contribution in [0.5, 0.6) is 0 Å². The molecule has 0 amide bonds. The van der Waals surface area contributed by atoms with Crippen molar-refractivity contribution in [2.45, 2.75) is 13.8 Å². The Bertz CT molecular complexity index is 423. The summed E-state index contributed by atoms with van der Waals surface area (Å²) < 4.78 is 21.5. The maximum atomic E-state index is 11.2. The molecule has 1 aromatic carbocycles. The molecule has 1 fully saturated rings. The maximum Gasteiger partial charge on any atom is 0.749 e. The Morgan fingerprint density at radius 2 is 2.00 bits per heavy atom. The fraction of sp³-hybridized carbons (Fsp3) is 0.333. The fourth-order valence-electron chi connectivity index (χ4n) is 1.44. The van der Waals surface area contributed by atoms with Gasteiger partial charge in [-0.05, 0) is 11.6 Å². The second-order valence-corrected chi connectivity index (χ2v) is 5.28. The molecule has 0 radical (unpaired) electrons. The first-order chi connectivity index (χ1) is 7.58. The molecule has 3 nitrogen and oxygen atoms in total. The van der Waals surface area contributed by atoms with Gasteiger partial charge in [-0.1, -0.05) is 44.2 Å². The zero-order valence-corrected chi connectivity index (χ0v) is 10.2. The smallest absolute Gasteiger partial charge is 0.233 e. The lowest BCUT2D eigenvalue weighted by Gasteiger charge is -2.23. The Kier molecular flexibility index (Phi) is 3.08. The molecule has 2 rings (SSSR count). The van der Waals surface area contributed by atoms with E-state index < -0.39 is 8.25 Å². The average Bonchev–Trinajstić information content (AvgIpc) is 2.26. The van der Waals surface area contributed by atoms with Crippen LogP contribution in [0.25, 0.3) is 6.08 Å². The van der Waals surface area contributed by atoms with Crippen molar-refractivity contribution in [1.29, 1.82) is 0 Å². The van der Waals surface area contributed by atoms with Crippen LogP contribution < -0.4 is 0 Å². The number of rotatable bonds is 1. The quantitative estimate of drug-likeness (QED) is 0.697. The van der Waals surface area contributed by atoms with Crippen LogP contribution in [0.4, 0.5) is 0 Å². The lowest BCUT2D eigenvalue weighted by Crippen LogP contribution is -2.25. The largest absolute Gasteiger partial charge is 0.749 e. The van der Waals surface area contributed by atoms with Crippen molar-refractivity contribution >= 4 is 14.3 Å². The zero-order valence-electron chi connectivity index (χ0n) is 9.34. The molecule has 0 aliphatic carbocycles. The summed E-state index contributed by atoms with van der Waals surface area (Å²) in [5.74, 6) is 0.714. The first-order valence-electron chi connectivity index (χ1n) is 5.13. The summed E-state index contributed by atoms with van der Waals surface area (Å²) in [5, 5.41) is 0. The van der Waals surface area contributed by atoms with Gasteiger partial charge in [0.15, 0.2) is 5.76 Å². The molecule has 1 unspecified atom stereocenters. The molecule has 84 valence electrons. The van der Waals surface area contributed by atoms with Gasteiger partial charge in [0, 0.05) is 4.57 Å². The zero-order chi connectivity index (χ0) is 11.6. The van der Waals surface area contributed by atoms with Crippen LogP contribution >= 0.6 is 8.25 Å². The standard InChI is InChI=1S/C12H14O3P/c1-12(2)9-14-16(13)15-11(12)8-10-6-4-3-5-7-10/h3-8H,9H2,1-2H3/q+1. The van der Waals surface area contributed by atoms with E-state index in [4.69, 9.17) is 9.05 Å². The molecule has 0 saturated carbocycles. The predicted molar refractivity (Wildman–Crippen MR) is 62.8 cm³/mol. The van der Waals surface area contributed by atoms with Gasteiger partial charge in [0.1, 0.15) is 6.61 Å². The van der Waals surface area contributed by atoms with Gasteiger partial charge in [0.05, 0.1) is 5.41 Å². The summed E-state index contributed by atoms with van der Waals surface area (Å²) in [7, 11) is -2.00. The van der Waals surface area contributed by atoms with E-state index in [0.29, 0.717) is 12.4 Å². The Hall–Kier alpha value is -1.18. The molecule has 1 aliphatic rings. The van der Waals surface area contributed by atoms with Crippen LogP contribution in [-0.4, -0.2) is 6.61 Å². The van der Waals surface area contributed by atoms with E-state index in [1.807, 2.05) is 50.3 Å². The molecule has 1 aromatic rings. The SMILES string of the molecule is CC1(C)CO[P+](=O)OC1=Cc1ccccc1. The minimum atomic E-state index is -2.00. The van der Waals surface area contributed by atoms with E-state index in [-0.39, 0.29) is 5.41 Å². The van der Waals surface area contributed by atoms with E-state index >= 15 is 0 Å². The van der Waals surface area contributed by atoms with Gasteiger partial charge in [-0.3, -0.25) is 0 Å². The van der Waals surface area contributed by atoms with E-state index in [2.05, 4.69) is 0 Å². The lowest BCUT2D eigenvalue weighted by atomic mass is 9.91. The number of benzene rings is 1. The molecular formula is C12H14O3P+. The molecule has 0 N–H and O–H groups in total. The highest BCUT2D eigenvalue weighted by Crippen LogP contribution is 2.44. The summed E-state index contributed by atoms with van der Waals surface area (Å²) in [5.41, 5.74) is 0.801. The Morgan fingerprint density at radius 1 is 1.31 bits per heavy atom. The van der Waals surface area contributed by atoms with Crippen LogP contribution in [0.3, 0.4) is 0 Å². The fourth-order valence-corrected chi connectivity index (χ4v) is 2.38. The minimum absolute atomic E-state index is 0.237. The van der Waals surface area contributed by atoms with Gasteiger partial charge in [-0.25, -0.2) is 4.52 Å². The summed E-state index contributed by atoms with van der Waals surface area (Å²) >= 11 is 0. The monoisotopic (exact) mass is 237 g/mol. The summed E-state index contributed by atoms with van der Waals surface area (Å²) in [6.45, 7) is 4.43. The maximum absolute atomic E-state index is 11.2. The van der Waals surface area contributed by atoms with Crippen LogP contribution in [-0.2, 0) is 13.6 Å². The van der Waals surface area contributed by atoms with Crippen molar-refractivity contribution in [3.05, 3.63) is 41.7 Å².